The highest BCUT2D eigenvalue weighted by Gasteiger charge is 2.29. The van der Waals surface area contributed by atoms with Crippen molar-refractivity contribution in [3.05, 3.63) is 88.4 Å². The van der Waals surface area contributed by atoms with Crippen molar-refractivity contribution in [2.24, 2.45) is 0 Å². The predicted octanol–water partition coefficient (Wildman–Crippen LogP) is 4.33. The summed E-state index contributed by atoms with van der Waals surface area (Å²) in [5.41, 5.74) is 7.89. The molecule has 3 heterocycles. The molecule has 0 bridgehead atoms. The number of nitrogens with zero attached hydrogens (tertiary/aromatic N) is 3. The zero-order chi connectivity index (χ0) is 28.5. The highest BCUT2D eigenvalue weighted by molar-refractivity contribution is 7.16. The van der Waals surface area contributed by atoms with Crippen LogP contribution in [0.2, 0.25) is 0 Å². The minimum Gasteiger partial charge on any atom is -0.465 e. The van der Waals surface area contributed by atoms with E-state index in [0.29, 0.717) is 34.5 Å². The normalized spacial score (nSPS) is 16.3. The fraction of sp³-hybridized carbons (Fsp3) is 0.226. The first kappa shape index (κ1) is 26.7. The van der Waals surface area contributed by atoms with Crippen LogP contribution in [-0.4, -0.2) is 72.9 Å². The molecule has 0 aliphatic carbocycles. The molecule has 6 rings (SSSR count). The van der Waals surface area contributed by atoms with E-state index in [0.717, 1.165) is 53.2 Å². The topological polar surface area (TPSA) is 104 Å². The third-order valence-electron chi connectivity index (χ3n) is 7.49. The summed E-state index contributed by atoms with van der Waals surface area (Å²) in [4.78, 5) is 46.8. The quantitative estimate of drug-likeness (QED) is 0.264. The van der Waals surface area contributed by atoms with Crippen molar-refractivity contribution >= 4 is 62.0 Å². The molecule has 9 nitrogen and oxygen atoms in total. The molecule has 41 heavy (non-hydrogen) atoms. The van der Waals surface area contributed by atoms with Gasteiger partial charge in [0.15, 0.2) is 0 Å². The van der Waals surface area contributed by atoms with Crippen molar-refractivity contribution in [1.29, 1.82) is 0 Å². The van der Waals surface area contributed by atoms with Gasteiger partial charge in [-0.3, -0.25) is 9.59 Å². The van der Waals surface area contributed by atoms with Gasteiger partial charge in [-0.25, -0.2) is 9.78 Å². The molecule has 1 aromatic heterocycles. The van der Waals surface area contributed by atoms with Gasteiger partial charge in [-0.2, -0.15) is 0 Å². The summed E-state index contributed by atoms with van der Waals surface area (Å²) < 4.78 is 5.84. The maximum absolute atomic E-state index is 13.4. The second-order valence-corrected chi connectivity index (χ2v) is 11.1. The Morgan fingerprint density at radius 3 is 2.51 bits per heavy atom. The van der Waals surface area contributed by atoms with Gasteiger partial charge < -0.3 is 25.2 Å². The molecule has 2 aliphatic rings. The van der Waals surface area contributed by atoms with Crippen molar-refractivity contribution in [2.45, 2.75) is 6.42 Å². The molecule has 2 amide bonds. The van der Waals surface area contributed by atoms with Gasteiger partial charge in [-0.05, 0) is 49.0 Å². The molecule has 1 saturated heterocycles. The number of fused-ring (bicyclic) bond motifs is 2. The minimum atomic E-state index is -0.473. The van der Waals surface area contributed by atoms with Crippen LogP contribution in [0.15, 0.2) is 66.2 Å². The van der Waals surface area contributed by atoms with E-state index in [1.807, 2.05) is 47.4 Å². The maximum Gasteiger partial charge on any atom is 0.337 e. The number of hydrogen-bond donors (Lipinski definition) is 2. The molecule has 0 unspecified atom stereocenters. The Labute approximate surface area is 241 Å². The van der Waals surface area contributed by atoms with Crippen LogP contribution in [-0.2, 0) is 20.7 Å². The lowest BCUT2D eigenvalue weighted by molar-refractivity contribution is -0.132. The van der Waals surface area contributed by atoms with E-state index in [4.69, 9.17) is 4.74 Å². The third-order valence-corrected chi connectivity index (χ3v) is 8.28. The van der Waals surface area contributed by atoms with E-state index >= 15 is 0 Å². The van der Waals surface area contributed by atoms with Crippen molar-refractivity contribution in [2.75, 3.05) is 51.0 Å². The Balaban J connectivity index is 1.33. The van der Waals surface area contributed by atoms with E-state index in [1.165, 1.54) is 18.4 Å². The van der Waals surface area contributed by atoms with Crippen molar-refractivity contribution < 1.29 is 19.1 Å². The van der Waals surface area contributed by atoms with Crippen LogP contribution in [0, 0.1) is 0 Å². The van der Waals surface area contributed by atoms with Gasteiger partial charge in [0.2, 0.25) is 5.91 Å². The van der Waals surface area contributed by atoms with Crippen LogP contribution in [0.25, 0.3) is 21.5 Å². The second kappa shape index (κ2) is 11.1. The molecule has 2 aliphatic heterocycles. The zero-order valence-corrected chi connectivity index (χ0v) is 23.6. The zero-order valence-electron chi connectivity index (χ0n) is 22.8. The number of amides is 2. The Hall–Kier alpha value is -4.54. The summed E-state index contributed by atoms with van der Waals surface area (Å²) in [5.74, 6) is -0.618. The number of piperazine rings is 1. The first-order valence-electron chi connectivity index (χ1n) is 13.3. The summed E-state index contributed by atoms with van der Waals surface area (Å²) >= 11 is 1.53. The van der Waals surface area contributed by atoms with Crippen LogP contribution in [0.5, 0.6) is 0 Å². The van der Waals surface area contributed by atoms with Crippen LogP contribution in [0.4, 0.5) is 11.4 Å². The van der Waals surface area contributed by atoms with Gasteiger partial charge in [0, 0.05) is 43.0 Å². The average Bonchev–Trinajstić information content (AvgIpc) is 3.59. The monoisotopic (exact) mass is 567 g/mol. The van der Waals surface area contributed by atoms with Gasteiger partial charge in [-0.15, -0.1) is 11.3 Å². The number of methoxy groups -OCH3 is 1. The number of rotatable bonds is 6. The molecule has 0 saturated carbocycles. The fourth-order valence-corrected chi connectivity index (χ4v) is 5.86. The van der Waals surface area contributed by atoms with Crippen LogP contribution in [0.1, 0.15) is 27.0 Å². The fourth-order valence-electron chi connectivity index (χ4n) is 5.15. The van der Waals surface area contributed by atoms with Crippen LogP contribution >= 0.6 is 11.3 Å². The van der Waals surface area contributed by atoms with Gasteiger partial charge in [0.05, 0.1) is 51.8 Å². The van der Waals surface area contributed by atoms with Crippen LogP contribution < -0.4 is 10.6 Å². The van der Waals surface area contributed by atoms with Crippen molar-refractivity contribution in [1.82, 2.24) is 14.8 Å². The first-order valence-corrected chi connectivity index (χ1v) is 14.2. The highest BCUT2D eigenvalue weighted by Crippen LogP contribution is 2.39. The number of hydrogen-bond acceptors (Lipinski definition) is 8. The lowest BCUT2D eigenvalue weighted by atomic mass is 9.98. The Kier molecular flexibility index (Phi) is 7.25. The molecular formula is C31H29N5O4S. The first-order chi connectivity index (χ1) is 19.9. The second-order valence-electron chi connectivity index (χ2n) is 10.2. The molecular weight excluding hydrogens is 538 g/mol. The number of esters is 1. The smallest absolute Gasteiger partial charge is 0.337 e. The molecule has 0 atom stereocenters. The summed E-state index contributed by atoms with van der Waals surface area (Å²) in [6.45, 7) is 3.28. The number of likely N-dealkylation sites (N-methyl/N-ethyl adjacent to an activating group) is 1. The number of thiazole rings is 1. The number of ether oxygens (including phenoxy) is 1. The lowest BCUT2D eigenvalue weighted by Crippen LogP contribution is -2.47. The van der Waals surface area contributed by atoms with E-state index in [-0.39, 0.29) is 11.8 Å². The molecule has 10 heteroatoms. The van der Waals surface area contributed by atoms with Crippen molar-refractivity contribution in [3.63, 3.8) is 0 Å². The lowest BCUT2D eigenvalue weighted by Gasteiger charge is -2.32. The van der Waals surface area contributed by atoms with E-state index in [2.05, 4.69) is 27.6 Å². The minimum absolute atomic E-state index is 0.130. The molecule has 0 spiro atoms. The Morgan fingerprint density at radius 2 is 1.76 bits per heavy atom. The third kappa shape index (κ3) is 5.44. The largest absolute Gasteiger partial charge is 0.465 e. The molecule has 0 radical (unpaired) electrons. The molecule has 208 valence electrons. The average molecular weight is 568 g/mol. The summed E-state index contributed by atoms with van der Waals surface area (Å²) in [7, 11) is 3.39. The summed E-state index contributed by atoms with van der Waals surface area (Å²) in [5, 5.41) is 6.37. The van der Waals surface area contributed by atoms with E-state index in [1.54, 1.807) is 23.7 Å². The predicted molar refractivity (Wildman–Crippen MR) is 161 cm³/mol. The number of anilines is 2. The summed E-state index contributed by atoms with van der Waals surface area (Å²) in [6.07, 6.45) is 0.346. The SMILES string of the molecule is COC(=O)c1ccc2c(c1)NC(=O)C2=C(Nc1ccc(CC(=O)N2CCN(C)CC2)cc1)c1ccc2ncsc2c1. The number of carbonyl (C=O) groups is 3. The standard InChI is InChI=1S/C31H29N5O4S/c1-35-11-13-36(14-12-35)27(37)15-19-3-7-22(8-4-19)33-29(20-6-10-24-26(17-20)41-18-32-24)28-23-9-5-21(31(39)40-2)16-25(23)34-30(28)38/h3-10,16-18,33H,11-15H2,1-2H3,(H,34,38). The number of nitrogens with one attached hydrogen (secondary N) is 2. The van der Waals surface area contributed by atoms with E-state index < -0.39 is 5.97 Å². The number of benzene rings is 3. The Morgan fingerprint density at radius 1 is 1.00 bits per heavy atom. The molecule has 3 aromatic carbocycles. The van der Waals surface area contributed by atoms with Gasteiger partial charge in [0.1, 0.15) is 0 Å². The summed E-state index contributed by atoms with van der Waals surface area (Å²) in [6, 6.07) is 18.7. The maximum atomic E-state index is 13.4. The van der Waals surface area contributed by atoms with Crippen LogP contribution in [0.3, 0.4) is 0 Å². The van der Waals surface area contributed by atoms with Crippen molar-refractivity contribution in [3.8, 4) is 0 Å². The van der Waals surface area contributed by atoms with Gasteiger partial charge in [0.25, 0.3) is 5.91 Å². The Bertz CT molecular complexity index is 1690. The number of aromatic nitrogens is 1. The van der Waals surface area contributed by atoms with E-state index in [9.17, 15) is 14.4 Å². The molecule has 1 fully saturated rings. The van der Waals surface area contributed by atoms with Gasteiger partial charge >= 0.3 is 5.97 Å². The van der Waals surface area contributed by atoms with Gasteiger partial charge in [-0.1, -0.05) is 24.3 Å². The number of carbonyl (C=O) groups excluding carboxylic acids is 3. The highest BCUT2D eigenvalue weighted by atomic mass is 32.1. The molecule has 4 aromatic rings. The molecule has 2 N–H and O–H groups in total.